The number of nitrogens with one attached hydrogen (secondary N) is 3. The predicted octanol–water partition coefficient (Wildman–Crippen LogP) is 2.80. The maximum Gasteiger partial charge on any atom is 0.199 e. The summed E-state index contributed by atoms with van der Waals surface area (Å²) in [5.74, 6) is 1.77. The van der Waals surface area contributed by atoms with Crippen LogP contribution in [0, 0.1) is 4.77 Å². The molecule has 3 heterocycles. The van der Waals surface area contributed by atoms with E-state index >= 15 is 0 Å². The van der Waals surface area contributed by atoms with E-state index in [9.17, 15) is 0 Å². The van der Waals surface area contributed by atoms with Crippen molar-refractivity contribution in [2.75, 3.05) is 0 Å². The van der Waals surface area contributed by atoms with Gasteiger partial charge in [0.2, 0.25) is 0 Å². The second-order valence-corrected chi connectivity index (χ2v) is 5.59. The summed E-state index contributed by atoms with van der Waals surface area (Å²) in [6.07, 6.45) is 2.52. The molecule has 3 aromatic rings. The van der Waals surface area contributed by atoms with Crippen LogP contribution in [0.3, 0.4) is 0 Å². The number of rotatable bonds is 3. The Morgan fingerprint density at radius 2 is 1.91 bits per heavy atom. The summed E-state index contributed by atoms with van der Waals surface area (Å²) in [5.41, 5.74) is 7.53. The fourth-order valence-corrected chi connectivity index (χ4v) is 3.02. The normalized spacial score (nSPS) is 21.3. The highest BCUT2D eigenvalue weighted by molar-refractivity contribution is 7.71. The van der Waals surface area contributed by atoms with Crippen LogP contribution in [0.4, 0.5) is 0 Å². The fraction of sp³-hybridized carbons (Fsp3) is 0.200. The first-order valence-electron chi connectivity index (χ1n) is 7.10. The molecule has 22 heavy (non-hydrogen) atoms. The monoisotopic (exact) mass is 313 g/mol. The maximum absolute atomic E-state index is 5.46. The van der Waals surface area contributed by atoms with Gasteiger partial charge in [-0.3, -0.25) is 9.67 Å². The van der Waals surface area contributed by atoms with E-state index in [1.54, 1.807) is 6.26 Å². The highest BCUT2D eigenvalue weighted by atomic mass is 32.1. The Hall–Kier alpha value is -2.22. The van der Waals surface area contributed by atoms with Crippen molar-refractivity contribution in [2.45, 2.75) is 18.5 Å². The van der Waals surface area contributed by atoms with Gasteiger partial charge in [-0.05, 0) is 42.9 Å². The van der Waals surface area contributed by atoms with Crippen LogP contribution >= 0.6 is 12.2 Å². The Morgan fingerprint density at radius 1 is 1.09 bits per heavy atom. The Kier molecular flexibility index (Phi) is 3.38. The van der Waals surface area contributed by atoms with Gasteiger partial charge < -0.3 is 4.42 Å². The van der Waals surface area contributed by atoms with E-state index in [2.05, 4.69) is 21.0 Å². The first-order chi connectivity index (χ1) is 10.8. The van der Waals surface area contributed by atoms with E-state index in [-0.39, 0.29) is 12.1 Å². The van der Waals surface area contributed by atoms with Gasteiger partial charge in [-0.2, -0.15) is 5.10 Å². The number of benzene rings is 1. The van der Waals surface area contributed by atoms with Gasteiger partial charge in [-0.15, -0.1) is 0 Å². The van der Waals surface area contributed by atoms with Crippen LogP contribution in [-0.2, 0) is 0 Å². The van der Waals surface area contributed by atoms with E-state index in [0.29, 0.717) is 4.77 Å². The van der Waals surface area contributed by atoms with Crippen LogP contribution in [0.15, 0.2) is 53.1 Å². The molecule has 2 aromatic heterocycles. The molecule has 2 unspecified atom stereocenters. The fourth-order valence-electron chi connectivity index (χ4n) is 2.77. The molecule has 6 nitrogen and oxygen atoms in total. The Bertz CT molecular complexity index is 808. The van der Waals surface area contributed by atoms with Gasteiger partial charge in [0.05, 0.1) is 18.3 Å². The lowest BCUT2D eigenvalue weighted by atomic mass is 10.1. The van der Waals surface area contributed by atoms with Crippen molar-refractivity contribution in [3.8, 4) is 5.69 Å². The zero-order valence-corrected chi connectivity index (χ0v) is 12.5. The summed E-state index contributed by atoms with van der Waals surface area (Å²) in [5, 5.41) is 7.29. The number of para-hydroxylation sites is 1. The topological polar surface area (TPSA) is 70.8 Å². The second-order valence-electron chi connectivity index (χ2n) is 5.20. The average Bonchev–Trinajstić information content (AvgIpc) is 3.28. The minimum atomic E-state index is 0.0447. The molecule has 4 rings (SSSR count). The first-order valence-corrected chi connectivity index (χ1v) is 7.51. The third kappa shape index (κ3) is 2.29. The van der Waals surface area contributed by atoms with Crippen molar-refractivity contribution in [2.24, 2.45) is 0 Å². The van der Waals surface area contributed by atoms with E-state index in [4.69, 9.17) is 16.6 Å². The summed E-state index contributed by atoms with van der Waals surface area (Å²) in [7, 11) is 0. The molecule has 1 aromatic carbocycles. The molecular formula is C15H15N5OS. The van der Waals surface area contributed by atoms with Crippen molar-refractivity contribution in [3.05, 3.63) is 65.1 Å². The van der Waals surface area contributed by atoms with E-state index in [1.165, 1.54) is 0 Å². The van der Waals surface area contributed by atoms with E-state index in [1.807, 2.05) is 47.0 Å². The molecule has 0 spiro atoms. The molecule has 2 atom stereocenters. The van der Waals surface area contributed by atoms with Crippen molar-refractivity contribution >= 4 is 12.2 Å². The minimum Gasteiger partial charge on any atom is -0.468 e. The Morgan fingerprint density at radius 3 is 2.68 bits per heavy atom. The van der Waals surface area contributed by atoms with Crippen LogP contribution in [0.2, 0.25) is 0 Å². The molecule has 1 aliphatic rings. The summed E-state index contributed by atoms with van der Waals surface area (Å²) < 4.78 is 8.01. The summed E-state index contributed by atoms with van der Waals surface area (Å²) >= 11 is 5.38. The molecule has 0 saturated carbocycles. The van der Waals surface area contributed by atoms with Crippen LogP contribution in [0.1, 0.15) is 30.1 Å². The molecular weight excluding hydrogens is 298 g/mol. The van der Waals surface area contributed by atoms with Gasteiger partial charge in [-0.1, -0.05) is 18.2 Å². The lowest BCUT2D eigenvalue weighted by Gasteiger charge is -2.11. The number of aromatic nitrogens is 3. The van der Waals surface area contributed by atoms with E-state index < -0.39 is 0 Å². The predicted molar refractivity (Wildman–Crippen MR) is 83.8 cm³/mol. The largest absolute Gasteiger partial charge is 0.468 e. The summed E-state index contributed by atoms with van der Waals surface area (Å²) in [6.45, 7) is 0. The van der Waals surface area contributed by atoms with Gasteiger partial charge in [0.15, 0.2) is 10.6 Å². The van der Waals surface area contributed by atoms with Gasteiger partial charge in [0.25, 0.3) is 0 Å². The van der Waals surface area contributed by atoms with Crippen LogP contribution in [-0.4, -0.2) is 14.8 Å². The highest BCUT2D eigenvalue weighted by Gasteiger charge is 2.31. The number of aromatic amines is 1. The van der Waals surface area contributed by atoms with Gasteiger partial charge in [0, 0.05) is 5.69 Å². The number of hydrogen-bond donors (Lipinski definition) is 3. The van der Waals surface area contributed by atoms with Gasteiger partial charge in [-0.25, -0.2) is 10.9 Å². The SMILES string of the molecule is S=c1[nH]nc(C2CC(c3ccco3)NN2)n1-c1ccccc1. The Labute approximate surface area is 132 Å². The lowest BCUT2D eigenvalue weighted by molar-refractivity contribution is 0.433. The summed E-state index contributed by atoms with van der Waals surface area (Å²) in [6, 6.07) is 14.0. The molecule has 1 aliphatic heterocycles. The van der Waals surface area contributed by atoms with Crippen LogP contribution in [0.25, 0.3) is 5.69 Å². The highest BCUT2D eigenvalue weighted by Crippen LogP contribution is 2.31. The third-order valence-electron chi connectivity index (χ3n) is 3.81. The lowest BCUT2D eigenvalue weighted by Crippen LogP contribution is -2.27. The minimum absolute atomic E-state index is 0.0447. The number of furan rings is 1. The number of hydrogen-bond acceptors (Lipinski definition) is 5. The molecule has 7 heteroatoms. The molecule has 112 valence electrons. The third-order valence-corrected chi connectivity index (χ3v) is 4.09. The maximum atomic E-state index is 5.46. The van der Waals surface area contributed by atoms with Crippen LogP contribution < -0.4 is 10.9 Å². The summed E-state index contributed by atoms with van der Waals surface area (Å²) in [4.78, 5) is 0. The molecule has 0 radical (unpaired) electrons. The van der Waals surface area contributed by atoms with Crippen molar-refractivity contribution in [1.82, 2.24) is 25.6 Å². The Balaban J connectivity index is 1.66. The molecule has 3 N–H and O–H groups in total. The van der Waals surface area contributed by atoms with Crippen molar-refractivity contribution in [1.29, 1.82) is 0 Å². The zero-order chi connectivity index (χ0) is 14.9. The number of nitrogens with zero attached hydrogens (tertiary/aromatic N) is 2. The molecule has 0 amide bonds. The first kappa shape index (κ1) is 13.4. The second kappa shape index (κ2) is 5.53. The molecule has 1 saturated heterocycles. The van der Waals surface area contributed by atoms with Crippen molar-refractivity contribution in [3.63, 3.8) is 0 Å². The van der Waals surface area contributed by atoms with Crippen LogP contribution in [0.5, 0.6) is 0 Å². The average molecular weight is 313 g/mol. The van der Waals surface area contributed by atoms with Crippen molar-refractivity contribution < 1.29 is 4.42 Å². The smallest absolute Gasteiger partial charge is 0.199 e. The standard InChI is InChI=1S/C15H15N5OS/c22-15-19-18-14(20(15)10-5-2-1-3-6-10)12-9-11(16-17-12)13-7-4-8-21-13/h1-8,11-12,16-17H,9H2,(H,19,22). The number of hydrazine groups is 1. The van der Waals surface area contributed by atoms with Gasteiger partial charge in [0.1, 0.15) is 5.76 Å². The molecule has 0 aliphatic carbocycles. The quantitative estimate of drug-likeness (QED) is 0.649. The van der Waals surface area contributed by atoms with E-state index in [0.717, 1.165) is 23.7 Å². The molecule has 1 fully saturated rings. The number of H-pyrrole nitrogens is 1. The zero-order valence-electron chi connectivity index (χ0n) is 11.7. The van der Waals surface area contributed by atoms with Gasteiger partial charge >= 0.3 is 0 Å². The molecule has 0 bridgehead atoms.